The highest BCUT2D eigenvalue weighted by Crippen LogP contribution is 2.26. The van der Waals surface area contributed by atoms with Gasteiger partial charge in [-0.05, 0) is 18.4 Å². The molecule has 1 heterocycles. The first kappa shape index (κ1) is 18.5. The number of rotatable bonds is 7. The number of carbonyl (C=O) groups is 2. The molecular weight excluding hydrogens is 346 g/mol. The van der Waals surface area contributed by atoms with Crippen LogP contribution in [0.5, 0.6) is 0 Å². The fourth-order valence-electron chi connectivity index (χ4n) is 2.11. The Bertz CT molecular complexity index is 816. The number of benzene rings is 1. The average Bonchev–Trinajstić information content (AvgIpc) is 3.01. The van der Waals surface area contributed by atoms with Crippen LogP contribution in [0.1, 0.15) is 47.0 Å². The first-order valence-electron chi connectivity index (χ1n) is 7.54. The predicted octanol–water partition coefficient (Wildman–Crippen LogP) is 3.44. The molecule has 0 aliphatic heterocycles. The van der Waals surface area contributed by atoms with Crippen molar-refractivity contribution >= 4 is 34.0 Å². The van der Waals surface area contributed by atoms with E-state index >= 15 is 0 Å². The van der Waals surface area contributed by atoms with Gasteiger partial charge in [0.1, 0.15) is 0 Å². The standard InChI is InChI=1S/C16H17N3O5S/c1-9(2)13-8-17-16(25-13)18-15(22)11-4-3-10(5-6-14(20)21)12(7-11)19(23)24/h3-4,7-9H,5-6H2,1-2H3,(H,20,21)(H,17,18,22). The van der Waals surface area contributed by atoms with Gasteiger partial charge in [-0.15, -0.1) is 11.3 Å². The Hall–Kier alpha value is -2.81. The Kier molecular flexibility index (Phi) is 5.81. The molecule has 1 aromatic carbocycles. The molecule has 2 N–H and O–H groups in total. The second-order valence-corrected chi connectivity index (χ2v) is 6.73. The highest BCUT2D eigenvalue weighted by Gasteiger charge is 2.19. The number of anilines is 1. The summed E-state index contributed by atoms with van der Waals surface area (Å²) in [5.41, 5.74) is 0.128. The van der Waals surface area contributed by atoms with Gasteiger partial charge in [-0.2, -0.15) is 0 Å². The van der Waals surface area contributed by atoms with Crippen LogP contribution in [-0.4, -0.2) is 26.9 Å². The summed E-state index contributed by atoms with van der Waals surface area (Å²) in [6.45, 7) is 4.02. The molecule has 0 spiro atoms. The van der Waals surface area contributed by atoms with Crippen LogP contribution < -0.4 is 5.32 Å². The van der Waals surface area contributed by atoms with Gasteiger partial charge < -0.3 is 5.11 Å². The molecule has 1 aromatic heterocycles. The van der Waals surface area contributed by atoms with Crippen molar-refractivity contribution < 1.29 is 19.6 Å². The van der Waals surface area contributed by atoms with E-state index in [0.29, 0.717) is 5.13 Å². The number of nitro groups is 1. The number of carbonyl (C=O) groups excluding carboxylic acids is 1. The van der Waals surface area contributed by atoms with Gasteiger partial charge >= 0.3 is 5.97 Å². The highest BCUT2D eigenvalue weighted by atomic mass is 32.1. The monoisotopic (exact) mass is 363 g/mol. The van der Waals surface area contributed by atoms with Gasteiger partial charge in [-0.1, -0.05) is 19.9 Å². The summed E-state index contributed by atoms with van der Waals surface area (Å²) in [5.74, 6) is -1.25. The summed E-state index contributed by atoms with van der Waals surface area (Å²) >= 11 is 1.35. The van der Waals surface area contributed by atoms with Crippen molar-refractivity contribution in [3.63, 3.8) is 0 Å². The maximum absolute atomic E-state index is 12.3. The first-order chi connectivity index (χ1) is 11.8. The van der Waals surface area contributed by atoms with Crippen LogP contribution in [0.3, 0.4) is 0 Å². The van der Waals surface area contributed by atoms with Gasteiger partial charge in [0.25, 0.3) is 11.6 Å². The third-order valence-electron chi connectivity index (χ3n) is 3.47. The fraction of sp³-hybridized carbons (Fsp3) is 0.312. The molecule has 0 atom stereocenters. The lowest BCUT2D eigenvalue weighted by Crippen LogP contribution is -2.12. The van der Waals surface area contributed by atoms with Gasteiger partial charge in [0.2, 0.25) is 0 Å². The van der Waals surface area contributed by atoms with Crippen molar-refractivity contribution in [3.8, 4) is 0 Å². The SMILES string of the molecule is CC(C)c1cnc(NC(=O)c2ccc(CCC(=O)O)c([N+](=O)[O-])c2)s1. The normalized spacial score (nSPS) is 10.7. The molecular formula is C16H17N3O5S. The molecule has 0 aliphatic rings. The first-order valence-corrected chi connectivity index (χ1v) is 8.35. The van der Waals surface area contributed by atoms with Gasteiger partial charge in [-0.25, -0.2) is 4.98 Å². The Morgan fingerprint density at radius 3 is 2.68 bits per heavy atom. The fourth-order valence-corrected chi connectivity index (χ4v) is 2.92. The van der Waals surface area contributed by atoms with Crippen LogP contribution in [0, 0.1) is 10.1 Å². The summed E-state index contributed by atoms with van der Waals surface area (Å²) in [6, 6.07) is 4.01. The third-order valence-corrected chi connectivity index (χ3v) is 4.68. The summed E-state index contributed by atoms with van der Waals surface area (Å²) in [4.78, 5) is 38.6. The molecule has 25 heavy (non-hydrogen) atoms. The second kappa shape index (κ2) is 7.84. The molecule has 0 saturated heterocycles. The second-order valence-electron chi connectivity index (χ2n) is 5.67. The van der Waals surface area contributed by atoms with Crippen molar-refractivity contribution in [2.75, 3.05) is 5.32 Å². The van der Waals surface area contributed by atoms with E-state index < -0.39 is 16.8 Å². The zero-order valence-electron chi connectivity index (χ0n) is 13.7. The number of hydrogen-bond donors (Lipinski definition) is 2. The van der Waals surface area contributed by atoms with E-state index in [1.807, 2.05) is 13.8 Å². The van der Waals surface area contributed by atoms with E-state index in [-0.39, 0.29) is 35.6 Å². The number of aliphatic carboxylic acids is 1. The minimum Gasteiger partial charge on any atom is -0.481 e. The summed E-state index contributed by atoms with van der Waals surface area (Å²) in [7, 11) is 0. The highest BCUT2D eigenvalue weighted by molar-refractivity contribution is 7.15. The molecule has 0 bridgehead atoms. The van der Waals surface area contributed by atoms with Crippen molar-refractivity contribution in [1.82, 2.24) is 4.98 Å². The lowest BCUT2D eigenvalue weighted by Gasteiger charge is -2.05. The number of thiazole rings is 1. The largest absolute Gasteiger partial charge is 0.481 e. The minimum atomic E-state index is -1.04. The van der Waals surface area contributed by atoms with Gasteiger partial charge in [-0.3, -0.25) is 25.0 Å². The van der Waals surface area contributed by atoms with Crippen LogP contribution in [0.15, 0.2) is 24.4 Å². The topological polar surface area (TPSA) is 122 Å². The van der Waals surface area contributed by atoms with Crippen molar-refractivity contribution in [3.05, 3.63) is 50.5 Å². The van der Waals surface area contributed by atoms with Crippen molar-refractivity contribution in [2.24, 2.45) is 0 Å². The number of nitrogens with zero attached hydrogens (tertiary/aromatic N) is 2. The zero-order chi connectivity index (χ0) is 18.6. The maximum atomic E-state index is 12.3. The Labute approximate surface area is 147 Å². The molecule has 0 fully saturated rings. The lowest BCUT2D eigenvalue weighted by molar-refractivity contribution is -0.385. The number of nitro benzene ring substituents is 1. The van der Waals surface area contributed by atoms with Crippen LogP contribution >= 0.6 is 11.3 Å². The van der Waals surface area contributed by atoms with Crippen LogP contribution in [-0.2, 0) is 11.2 Å². The Morgan fingerprint density at radius 1 is 1.40 bits per heavy atom. The number of amides is 1. The summed E-state index contributed by atoms with van der Waals surface area (Å²) < 4.78 is 0. The number of aryl methyl sites for hydroxylation is 1. The van der Waals surface area contributed by atoms with Crippen LogP contribution in [0.25, 0.3) is 0 Å². The number of carboxylic acid groups (broad SMARTS) is 1. The number of nitrogens with one attached hydrogen (secondary N) is 1. The molecule has 0 unspecified atom stereocenters. The number of aromatic nitrogens is 1. The Morgan fingerprint density at radius 2 is 2.12 bits per heavy atom. The summed E-state index contributed by atoms with van der Waals surface area (Å²) in [6.07, 6.45) is 1.49. The Balaban J connectivity index is 2.19. The molecule has 0 radical (unpaired) electrons. The van der Waals surface area contributed by atoms with E-state index in [2.05, 4.69) is 10.3 Å². The van der Waals surface area contributed by atoms with E-state index in [0.717, 1.165) is 10.9 Å². The lowest BCUT2D eigenvalue weighted by atomic mass is 10.0. The van der Waals surface area contributed by atoms with E-state index in [4.69, 9.17) is 5.11 Å². The molecule has 0 aliphatic carbocycles. The molecule has 2 aromatic rings. The quantitative estimate of drug-likeness (QED) is 0.574. The van der Waals surface area contributed by atoms with E-state index in [1.54, 1.807) is 6.20 Å². The average molecular weight is 363 g/mol. The summed E-state index contributed by atoms with van der Waals surface area (Å²) in [5, 5.41) is 22.9. The van der Waals surface area contributed by atoms with Crippen LogP contribution in [0.4, 0.5) is 10.8 Å². The van der Waals surface area contributed by atoms with E-state index in [9.17, 15) is 19.7 Å². The minimum absolute atomic E-state index is 0.0256. The molecule has 9 heteroatoms. The molecule has 132 valence electrons. The molecule has 1 amide bonds. The smallest absolute Gasteiger partial charge is 0.303 e. The van der Waals surface area contributed by atoms with Gasteiger partial charge in [0.05, 0.1) is 4.92 Å². The van der Waals surface area contributed by atoms with Crippen molar-refractivity contribution in [2.45, 2.75) is 32.6 Å². The zero-order valence-corrected chi connectivity index (χ0v) is 14.5. The number of hydrogen-bond acceptors (Lipinski definition) is 6. The van der Waals surface area contributed by atoms with Gasteiger partial charge in [0.15, 0.2) is 5.13 Å². The number of carboxylic acids is 1. The molecule has 2 rings (SSSR count). The molecule has 8 nitrogen and oxygen atoms in total. The predicted molar refractivity (Wildman–Crippen MR) is 93.2 cm³/mol. The third kappa shape index (κ3) is 4.83. The van der Waals surface area contributed by atoms with Crippen molar-refractivity contribution in [1.29, 1.82) is 0 Å². The molecule has 0 saturated carbocycles. The van der Waals surface area contributed by atoms with Crippen LogP contribution in [0.2, 0.25) is 0 Å². The van der Waals surface area contributed by atoms with E-state index in [1.165, 1.54) is 23.5 Å². The maximum Gasteiger partial charge on any atom is 0.303 e. The van der Waals surface area contributed by atoms with Gasteiger partial charge in [0, 0.05) is 34.7 Å².